The second-order valence-corrected chi connectivity index (χ2v) is 11.1. The van der Waals surface area contributed by atoms with Crippen LogP contribution in [0.25, 0.3) is 0 Å². The van der Waals surface area contributed by atoms with E-state index in [-0.39, 0.29) is 18.2 Å². The van der Waals surface area contributed by atoms with Gasteiger partial charge in [-0.2, -0.15) is 0 Å². The lowest BCUT2D eigenvalue weighted by Crippen LogP contribution is -2.47. The zero-order chi connectivity index (χ0) is 19.8. The molecule has 2 N–H and O–H groups in total. The Morgan fingerprint density at radius 1 is 1.10 bits per heavy atom. The van der Waals surface area contributed by atoms with Gasteiger partial charge in [-0.25, -0.2) is 4.98 Å². The van der Waals surface area contributed by atoms with Crippen molar-refractivity contribution in [2.45, 2.75) is 51.4 Å². The Morgan fingerprint density at radius 2 is 1.83 bits per heavy atom. The molecule has 0 aromatic carbocycles. The lowest BCUT2D eigenvalue weighted by Gasteiger charge is -2.57. The largest absolute Gasteiger partial charge is 0.356 e. The van der Waals surface area contributed by atoms with Crippen LogP contribution in [0.5, 0.6) is 0 Å². The van der Waals surface area contributed by atoms with Crippen molar-refractivity contribution in [3.8, 4) is 0 Å². The van der Waals surface area contributed by atoms with Crippen LogP contribution in [0.3, 0.4) is 0 Å². The van der Waals surface area contributed by atoms with E-state index in [9.17, 15) is 9.59 Å². The lowest BCUT2D eigenvalue weighted by molar-refractivity contribution is -0.120. The van der Waals surface area contributed by atoms with Gasteiger partial charge in [-0.05, 0) is 79.6 Å². The van der Waals surface area contributed by atoms with Gasteiger partial charge in [0.05, 0.1) is 17.0 Å². The predicted octanol–water partition coefficient (Wildman–Crippen LogP) is 4.72. The van der Waals surface area contributed by atoms with E-state index in [1.54, 1.807) is 6.07 Å². The Hall–Kier alpha value is -1.73. The summed E-state index contributed by atoms with van der Waals surface area (Å²) in [5, 5.41) is 10.2. The normalized spacial score (nSPS) is 29.7. The summed E-state index contributed by atoms with van der Waals surface area (Å²) in [6, 6.07) is 3.63. The number of carbonyl (C=O) groups is 2. The Balaban J connectivity index is 1.09. The maximum Gasteiger partial charge on any atom is 0.267 e. The highest BCUT2D eigenvalue weighted by Crippen LogP contribution is 2.61. The van der Waals surface area contributed by atoms with Gasteiger partial charge in [-0.3, -0.25) is 14.9 Å². The van der Waals surface area contributed by atoms with Crippen LogP contribution in [0.2, 0.25) is 0 Å². The fourth-order valence-corrected chi connectivity index (χ4v) is 7.63. The molecule has 4 aliphatic carbocycles. The number of aromatic nitrogens is 1. The summed E-state index contributed by atoms with van der Waals surface area (Å²) in [5.41, 5.74) is 1.21. The van der Waals surface area contributed by atoms with E-state index in [0.717, 1.165) is 30.7 Å². The van der Waals surface area contributed by atoms with Crippen molar-refractivity contribution in [2.75, 3.05) is 11.9 Å². The van der Waals surface area contributed by atoms with Gasteiger partial charge in [0.25, 0.3) is 5.91 Å². The fraction of sp³-hybridized carbons (Fsp3) is 0.591. The number of carbonyl (C=O) groups excluding carboxylic acids is 2. The van der Waals surface area contributed by atoms with Crippen molar-refractivity contribution < 1.29 is 9.59 Å². The molecule has 6 rings (SSSR count). The van der Waals surface area contributed by atoms with Gasteiger partial charge < -0.3 is 5.32 Å². The summed E-state index contributed by atoms with van der Waals surface area (Å²) < 4.78 is 0. The molecule has 5 nitrogen and oxygen atoms in total. The first kappa shape index (κ1) is 19.2. The highest BCUT2D eigenvalue weighted by atomic mass is 32.1. The Kier molecular flexibility index (Phi) is 5.20. The number of hydrogen-bond acceptors (Lipinski definition) is 5. The minimum Gasteiger partial charge on any atom is -0.356 e. The molecule has 2 heterocycles. The molecule has 2 aromatic heterocycles. The van der Waals surface area contributed by atoms with Gasteiger partial charge in [-0.1, -0.05) is 6.07 Å². The number of nitrogens with one attached hydrogen (secondary N) is 2. The topological polar surface area (TPSA) is 71.1 Å². The number of thiophene rings is 1. The average molecular weight is 430 g/mol. The predicted molar refractivity (Wildman–Crippen MR) is 116 cm³/mol. The van der Waals surface area contributed by atoms with Crippen LogP contribution in [-0.2, 0) is 11.2 Å². The van der Waals surface area contributed by atoms with Crippen molar-refractivity contribution in [1.82, 2.24) is 10.3 Å². The minimum atomic E-state index is -0.152. The average Bonchev–Trinajstić information content (AvgIpc) is 3.32. The third-order valence-electron chi connectivity index (χ3n) is 7.00. The maximum atomic E-state index is 12.4. The van der Waals surface area contributed by atoms with Crippen LogP contribution in [0, 0.1) is 23.2 Å². The molecule has 0 unspecified atom stereocenters. The Morgan fingerprint density at radius 3 is 2.48 bits per heavy atom. The van der Waals surface area contributed by atoms with E-state index in [4.69, 9.17) is 0 Å². The SMILES string of the molecule is O=C(Cc1csc(NC(=O)c2cccs2)n1)NCCC12CC3CC(CC(C3)C1)C2. The second-order valence-electron chi connectivity index (χ2n) is 9.27. The van der Waals surface area contributed by atoms with Crippen molar-refractivity contribution in [3.63, 3.8) is 0 Å². The van der Waals surface area contributed by atoms with Gasteiger partial charge in [0.2, 0.25) is 5.91 Å². The van der Waals surface area contributed by atoms with Gasteiger partial charge in [0.15, 0.2) is 5.13 Å². The van der Waals surface area contributed by atoms with Gasteiger partial charge in [-0.15, -0.1) is 22.7 Å². The van der Waals surface area contributed by atoms with Crippen LogP contribution in [-0.4, -0.2) is 23.3 Å². The molecule has 0 aliphatic heterocycles. The molecule has 4 saturated carbocycles. The molecule has 4 bridgehead atoms. The Labute approximate surface area is 179 Å². The number of nitrogens with zero attached hydrogens (tertiary/aromatic N) is 1. The molecular formula is C22H27N3O2S2. The van der Waals surface area contributed by atoms with Crippen LogP contribution in [0.4, 0.5) is 5.13 Å². The van der Waals surface area contributed by atoms with E-state index in [0.29, 0.717) is 21.1 Å². The van der Waals surface area contributed by atoms with Crippen LogP contribution >= 0.6 is 22.7 Å². The zero-order valence-corrected chi connectivity index (χ0v) is 18.1. The third-order valence-corrected chi connectivity index (χ3v) is 8.68. The number of thiazole rings is 1. The monoisotopic (exact) mass is 429 g/mol. The molecule has 29 heavy (non-hydrogen) atoms. The van der Waals surface area contributed by atoms with Crippen molar-refractivity contribution in [2.24, 2.45) is 23.2 Å². The number of rotatable bonds is 7. The first-order valence-corrected chi connectivity index (χ1v) is 12.4. The molecule has 0 atom stereocenters. The molecule has 4 fully saturated rings. The quantitative estimate of drug-likeness (QED) is 0.669. The lowest BCUT2D eigenvalue weighted by atomic mass is 9.49. The van der Waals surface area contributed by atoms with E-state index < -0.39 is 0 Å². The third kappa shape index (κ3) is 4.26. The van der Waals surface area contributed by atoms with Gasteiger partial charge in [0, 0.05) is 11.9 Å². The standard InChI is InChI=1S/C22H27N3O2S2/c26-19(9-17-13-29-21(24-17)25-20(27)18-2-1-5-28-18)23-4-3-22-10-14-6-15(11-22)8-16(7-14)12-22/h1-2,5,13-16H,3-4,6-12H2,(H,23,26)(H,24,25,27). The highest BCUT2D eigenvalue weighted by molar-refractivity contribution is 7.14. The van der Waals surface area contributed by atoms with Crippen LogP contribution in [0.15, 0.2) is 22.9 Å². The van der Waals surface area contributed by atoms with E-state index >= 15 is 0 Å². The molecule has 0 radical (unpaired) electrons. The van der Waals surface area contributed by atoms with E-state index in [1.165, 1.54) is 61.2 Å². The summed E-state index contributed by atoms with van der Waals surface area (Å²) in [7, 11) is 0. The first-order chi connectivity index (χ1) is 14.1. The summed E-state index contributed by atoms with van der Waals surface area (Å²) in [5.74, 6) is 2.73. The molecule has 0 spiro atoms. The Bertz CT molecular complexity index is 854. The molecule has 154 valence electrons. The molecular weight excluding hydrogens is 402 g/mol. The molecule has 2 amide bonds. The second kappa shape index (κ2) is 7.84. The van der Waals surface area contributed by atoms with Crippen molar-refractivity contribution in [1.29, 1.82) is 0 Å². The van der Waals surface area contributed by atoms with Gasteiger partial charge in [0.1, 0.15) is 0 Å². The maximum absolute atomic E-state index is 12.4. The minimum absolute atomic E-state index is 0.0242. The summed E-state index contributed by atoms with van der Waals surface area (Å²) in [6.45, 7) is 0.775. The smallest absolute Gasteiger partial charge is 0.267 e. The van der Waals surface area contributed by atoms with Crippen molar-refractivity contribution in [3.05, 3.63) is 33.5 Å². The molecule has 7 heteroatoms. The number of amides is 2. The molecule has 4 aliphatic rings. The van der Waals surface area contributed by atoms with Crippen molar-refractivity contribution >= 4 is 39.6 Å². The fourth-order valence-electron chi connectivity index (χ4n) is 6.30. The zero-order valence-electron chi connectivity index (χ0n) is 16.5. The summed E-state index contributed by atoms with van der Waals surface area (Å²) in [6.07, 6.45) is 9.92. The summed E-state index contributed by atoms with van der Waals surface area (Å²) in [4.78, 5) is 29.5. The number of hydrogen-bond donors (Lipinski definition) is 2. The number of anilines is 1. The van der Waals surface area contributed by atoms with Crippen LogP contribution in [0.1, 0.15) is 60.3 Å². The van der Waals surface area contributed by atoms with E-state index in [1.807, 2.05) is 16.8 Å². The van der Waals surface area contributed by atoms with Gasteiger partial charge >= 0.3 is 0 Å². The first-order valence-electron chi connectivity index (χ1n) is 10.6. The highest BCUT2D eigenvalue weighted by Gasteiger charge is 2.50. The van der Waals surface area contributed by atoms with Crippen LogP contribution < -0.4 is 10.6 Å². The summed E-state index contributed by atoms with van der Waals surface area (Å²) >= 11 is 2.76. The molecule has 0 saturated heterocycles. The molecule has 2 aromatic rings. The van der Waals surface area contributed by atoms with E-state index in [2.05, 4.69) is 15.6 Å².